The topological polar surface area (TPSA) is 88.6 Å². The number of nitrogens with zero attached hydrogens (tertiary/aromatic N) is 2. The molecule has 0 spiro atoms. The Hall–Kier alpha value is -2.00. The summed E-state index contributed by atoms with van der Waals surface area (Å²) in [5.41, 5.74) is 1.33. The van der Waals surface area contributed by atoms with E-state index >= 15 is 0 Å². The number of nitrogens with one attached hydrogen (secondary N) is 1. The minimum atomic E-state index is -3.86. The molecule has 0 saturated carbocycles. The summed E-state index contributed by atoms with van der Waals surface area (Å²) >= 11 is 6.18. The lowest BCUT2D eigenvalue weighted by molar-refractivity contribution is 0.0735. The number of benzene rings is 1. The number of halogens is 1. The van der Waals surface area contributed by atoms with Gasteiger partial charge in [0.2, 0.25) is 10.0 Å². The summed E-state index contributed by atoms with van der Waals surface area (Å²) in [6.45, 7) is 1.45. The van der Waals surface area contributed by atoms with E-state index in [1.54, 1.807) is 23.4 Å². The average molecular weight is 450 g/mol. The van der Waals surface area contributed by atoms with Crippen LogP contribution in [0.25, 0.3) is 0 Å². The van der Waals surface area contributed by atoms with Gasteiger partial charge in [0.1, 0.15) is 4.90 Å². The van der Waals surface area contributed by atoms with Crippen molar-refractivity contribution >= 4 is 27.5 Å². The molecule has 1 aromatic heterocycles. The van der Waals surface area contributed by atoms with E-state index in [1.807, 2.05) is 12.1 Å². The highest BCUT2D eigenvalue weighted by atomic mass is 35.5. The highest BCUT2D eigenvalue weighted by molar-refractivity contribution is 7.89. The second kappa shape index (κ2) is 9.01. The van der Waals surface area contributed by atoms with Crippen LogP contribution in [0, 0.1) is 0 Å². The molecule has 1 N–H and O–H groups in total. The number of carbonyl (C=O) groups excluding carboxylic acids is 1. The Morgan fingerprint density at radius 2 is 2.00 bits per heavy atom. The molecule has 2 aromatic rings. The SMILES string of the molecule is O=C(c1ccc(Cl)c(S(=O)(=O)NCC2CCCO2)c1)N1CCCC1c1ccncc1. The first-order chi connectivity index (χ1) is 14.5. The van der Waals surface area contributed by atoms with Crippen molar-refractivity contribution in [3.63, 3.8) is 0 Å². The van der Waals surface area contributed by atoms with E-state index in [4.69, 9.17) is 16.3 Å². The lowest BCUT2D eigenvalue weighted by Crippen LogP contribution is -2.33. The number of ether oxygens (including phenoxy) is 1. The Bertz CT molecular complexity index is 1010. The Morgan fingerprint density at radius 3 is 2.73 bits per heavy atom. The van der Waals surface area contributed by atoms with Gasteiger partial charge in [-0.25, -0.2) is 13.1 Å². The summed E-state index contributed by atoms with van der Waals surface area (Å²) in [5, 5.41) is 0.0819. The minimum Gasteiger partial charge on any atom is -0.377 e. The fourth-order valence-electron chi connectivity index (χ4n) is 4.04. The van der Waals surface area contributed by atoms with Gasteiger partial charge >= 0.3 is 0 Å². The summed E-state index contributed by atoms with van der Waals surface area (Å²) in [5.74, 6) is -0.207. The van der Waals surface area contributed by atoms with Crippen LogP contribution in [0.5, 0.6) is 0 Å². The number of pyridine rings is 1. The van der Waals surface area contributed by atoms with E-state index in [1.165, 1.54) is 12.1 Å². The molecule has 3 heterocycles. The van der Waals surface area contributed by atoms with Gasteiger partial charge in [0.05, 0.1) is 17.2 Å². The second-order valence-electron chi connectivity index (χ2n) is 7.57. The van der Waals surface area contributed by atoms with Crippen LogP contribution in [0.4, 0.5) is 0 Å². The molecular formula is C21H24ClN3O4S. The summed E-state index contributed by atoms with van der Waals surface area (Å²) in [7, 11) is -3.86. The number of rotatable bonds is 6. The lowest BCUT2D eigenvalue weighted by Gasteiger charge is -2.25. The molecule has 0 aliphatic carbocycles. The van der Waals surface area contributed by atoms with Crippen molar-refractivity contribution in [2.75, 3.05) is 19.7 Å². The molecule has 4 rings (SSSR count). The van der Waals surface area contributed by atoms with Gasteiger partial charge in [0.25, 0.3) is 5.91 Å². The predicted molar refractivity (Wildman–Crippen MR) is 113 cm³/mol. The molecule has 2 unspecified atom stereocenters. The fraction of sp³-hybridized carbons (Fsp3) is 0.429. The van der Waals surface area contributed by atoms with Crippen LogP contribution in [0.2, 0.25) is 5.02 Å². The van der Waals surface area contributed by atoms with E-state index in [0.717, 1.165) is 31.2 Å². The van der Waals surface area contributed by atoms with Crippen molar-refractivity contribution in [2.45, 2.75) is 42.7 Å². The smallest absolute Gasteiger partial charge is 0.254 e. The molecule has 0 radical (unpaired) electrons. The number of likely N-dealkylation sites (tertiary alicyclic amines) is 1. The summed E-state index contributed by atoms with van der Waals surface area (Å²) in [6, 6.07) is 8.17. The van der Waals surface area contributed by atoms with Crippen molar-refractivity contribution in [1.82, 2.24) is 14.6 Å². The highest BCUT2D eigenvalue weighted by Crippen LogP contribution is 2.33. The maximum atomic E-state index is 13.2. The number of carbonyl (C=O) groups is 1. The first kappa shape index (κ1) is 21.2. The van der Waals surface area contributed by atoms with Crippen LogP contribution in [0.1, 0.15) is 47.6 Å². The van der Waals surface area contributed by atoms with E-state index in [-0.39, 0.29) is 34.5 Å². The van der Waals surface area contributed by atoms with Gasteiger partial charge in [0.15, 0.2) is 0 Å². The number of hydrogen-bond donors (Lipinski definition) is 1. The van der Waals surface area contributed by atoms with Gasteiger partial charge in [0, 0.05) is 37.7 Å². The van der Waals surface area contributed by atoms with Crippen LogP contribution in [-0.4, -0.2) is 50.0 Å². The minimum absolute atomic E-state index is 0.0473. The summed E-state index contributed by atoms with van der Waals surface area (Å²) < 4.78 is 33.6. The molecule has 2 fully saturated rings. The molecule has 2 aliphatic rings. The third kappa shape index (κ3) is 4.51. The lowest BCUT2D eigenvalue weighted by atomic mass is 10.1. The summed E-state index contributed by atoms with van der Waals surface area (Å²) in [6.07, 6.45) is 6.78. The Morgan fingerprint density at radius 1 is 1.20 bits per heavy atom. The molecule has 0 bridgehead atoms. The monoisotopic (exact) mass is 449 g/mol. The normalized spacial score (nSPS) is 21.8. The van der Waals surface area contributed by atoms with Crippen LogP contribution < -0.4 is 4.72 Å². The van der Waals surface area contributed by atoms with Crippen LogP contribution in [-0.2, 0) is 14.8 Å². The van der Waals surface area contributed by atoms with Crippen LogP contribution in [0.3, 0.4) is 0 Å². The molecule has 160 valence electrons. The molecule has 1 amide bonds. The van der Waals surface area contributed by atoms with Crippen molar-refractivity contribution in [3.8, 4) is 0 Å². The van der Waals surface area contributed by atoms with Crippen LogP contribution in [0.15, 0.2) is 47.6 Å². The van der Waals surface area contributed by atoms with Crippen LogP contribution >= 0.6 is 11.6 Å². The Kier molecular flexibility index (Phi) is 6.38. The molecule has 2 saturated heterocycles. The molecule has 7 nitrogen and oxygen atoms in total. The van der Waals surface area contributed by atoms with Gasteiger partial charge < -0.3 is 9.64 Å². The summed E-state index contributed by atoms with van der Waals surface area (Å²) in [4.78, 5) is 19.0. The number of sulfonamides is 1. The largest absolute Gasteiger partial charge is 0.377 e. The van der Waals surface area contributed by atoms with Crippen molar-refractivity contribution < 1.29 is 17.9 Å². The predicted octanol–water partition coefficient (Wildman–Crippen LogP) is 3.17. The number of hydrogen-bond acceptors (Lipinski definition) is 5. The van der Waals surface area contributed by atoms with Gasteiger partial charge in [-0.1, -0.05) is 11.6 Å². The van der Waals surface area contributed by atoms with Gasteiger partial charge in [-0.3, -0.25) is 9.78 Å². The highest BCUT2D eigenvalue weighted by Gasteiger charge is 2.31. The van der Waals surface area contributed by atoms with E-state index < -0.39 is 10.0 Å². The van der Waals surface area contributed by atoms with Crippen molar-refractivity contribution in [3.05, 3.63) is 58.9 Å². The number of amides is 1. The van der Waals surface area contributed by atoms with Crippen molar-refractivity contribution in [2.24, 2.45) is 0 Å². The van der Waals surface area contributed by atoms with Gasteiger partial charge in [-0.15, -0.1) is 0 Å². The molecule has 1 aromatic carbocycles. The first-order valence-corrected chi connectivity index (χ1v) is 11.9. The molecule has 9 heteroatoms. The fourth-order valence-corrected chi connectivity index (χ4v) is 5.63. The molecule has 30 heavy (non-hydrogen) atoms. The third-order valence-corrected chi connectivity index (χ3v) is 7.50. The Balaban J connectivity index is 1.55. The molecule has 2 aliphatic heterocycles. The molecule has 2 atom stereocenters. The maximum absolute atomic E-state index is 13.2. The molecular weight excluding hydrogens is 426 g/mol. The first-order valence-electron chi connectivity index (χ1n) is 10.1. The zero-order valence-electron chi connectivity index (χ0n) is 16.5. The average Bonchev–Trinajstić information content (AvgIpc) is 3.45. The Labute approximate surface area is 181 Å². The number of aromatic nitrogens is 1. The quantitative estimate of drug-likeness (QED) is 0.731. The van der Waals surface area contributed by atoms with E-state index in [9.17, 15) is 13.2 Å². The zero-order valence-corrected chi connectivity index (χ0v) is 18.0. The van der Waals surface area contributed by atoms with E-state index in [2.05, 4.69) is 9.71 Å². The second-order valence-corrected chi connectivity index (χ2v) is 9.71. The zero-order chi connectivity index (χ0) is 21.1. The van der Waals surface area contributed by atoms with Gasteiger partial charge in [-0.05, 0) is 61.6 Å². The van der Waals surface area contributed by atoms with Gasteiger partial charge in [-0.2, -0.15) is 0 Å². The maximum Gasteiger partial charge on any atom is 0.254 e. The third-order valence-electron chi connectivity index (χ3n) is 5.60. The van der Waals surface area contributed by atoms with E-state index in [0.29, 0.717) is 18.7 Å². The standard InChI is InChI=1S/C21H24ClN3O4S/c22-18-6-5-16(13-20(18)30(27,28)24-14-17-3-2-12-29-17)21(26)25-11-1-4-19(25)15-7-9-23-10-8-15/h5-10,13,17,19,24H,1-4,11-12,14H2. The van der Waals surface area contributed by atoms with Crippen molar-refractivity contribution in [1.29, 1.82) is 0 Å².